The Balaban J connectivity index is 1.85. The van der Waals surface area contributed by atoms with Crippen LogP contribution in [0.4, 0.5) is 13.2 Å². The van der Waals surface area contributed by atoms with Crippen molar-refractivity contribution >= 4 is 15.8 Å². The summed E-state index contributed by atoms with van der Waals surface area (Å²) < 4.78 is 65.3. The van der Waals surface area contributed by atoms with Gasteiger partial charge in [-0.15, -0.1) is 0 Å². The van der Waals surface area contributed by atoms with Crippen LogP contribution in [0.25, 0.3) is 0 Å². The lowest BCUT2D eigenvalue weighted by Gasteiger charge is -2.21. The Morgan fingerprint density at radius 1 is 1.12 bits per heavy atom. The van der Waals surface area contributed by atoms with Crippen molar-refractivity contribution in [2.75, 3.05) is 26.2 Å². The minimum absolute atomic E-state index is 0.180. The maximum Gasteiger partial charge on any atom is 0.501 e. The lowest BCUT2D eigenvalue weighted by molar-refractivity contribution is -0.0436. The highest BCUT2D eigenvalue weighted by molar-refractivity contribution is 7.92. The van der Waals surface area contributed by atoms with Gasteiger partial charge in [-0.05, 0) is 37.1 Å². The second-order valence-corrected chi connectivity index (χ2v) is 7.85. The molecule has 0 aliphatic carbocycles. The molecule has 0 saturated carbocycles. The number of nitrogens with two attached hydrogens (primary N) is 1. The minimum atomic E-state index is -5.34. The first-order chi connectivity index (χ1) is 12.2. The van der Waals surface area contributed by atoms with E-state index in [-0.39, 0.29) is 12.4 Å². The molecule has 0 spiro atoms. The van der Waals surface area contributed by atoms with Crippen LogP contribution in [0.2, 0.25) is 0 Å². The van der Waals surface area contributed by atoms with Crippen LogP contribution < -0.4 is 10.5 Å². The van der Waals surface area contributed by atoms with Gasteiger partial charge in [-0.2, -0.15) is 13.2 Å². The zero-order chi connectivity index (χ0) is 19.2. The Hall–Kier alpha value is -1.97. The van der Waals surface area contributed by atoms with E-state index in [9.17, 15) is 21.6 Å². The Labute approximate surface area is 150 Å². The number of rotatable bonds is 5. The largest absolute Gasteiger partial charge is 0.501 e. The lowest BCUT2D eigenvalue weighted by atomic mass is 10.2. The molecule has 1 heterocycles. The monoisotopic (exact) mass is 393 g/mol. The number of benzene rings is 1. The zero-order valence-corrected chi connectivity index (χ0v) is 15.0. The molecule has 1 saturated heterocycles. The Kier molecular flexibility index (Phi) is 6.74. The van der Waals surface area contributed by atoms with Gasteiger partial charge < -0.3 is 15.4 Å². The average molecular weight is 393 g/mol. The standard InChI is InChI=1S/C16H22F3N3O3S/c17-16(18,19)26(23,24)14-7-5-13(6-8-14)25-12-9-21-15(20)22-10-3-1-2-4-11-22/h5-8H,1-4,9-12H2,(H2,20,21). The maximum absolute atomic E-state index is 12.5. The number of ether oxygens (including phenoxy) is 1. The van der Waals surface area contributed by atoms with Gasteiger partial charge in [-0.1, -0.05) is 12.8 Å². The third-order valence-electron chi connectivity index (χ3n) is 4.00. The van der Waals surface area contributed by atoms with Crippen LogP contribution in [-0.4, -0.2) is 51.0 Å². The Morgan fingerprint density at radius 3 is 2.23 bits per heavy atom. The highest BCUT2D eigenvalue weighted by Crippen LogP contribution is 2.30. The lowest BCUT2D eigenvalue weighted by Crippen LogP contribution is -2.38. The first-order valence-corrected chi connectivity index (χ1v) is 9.79. The number of guanidine groups is 1. The molecule has 2 N–H and O–H groups in total. The fourth-order valence-corrected chi connectivity index (χ4v) is 3.33. The van der Waals surface area contributed by atoms with Gasteiger partial charge in [-0.3, -0.25) is 0 Å². The molecule has 0 atom stereocenters. The molecule has 1 aliphatic rings. The quantitative estimate of drug-likeness (QED) is 0.472. The summed E-state index contributed by atoms with van der Waals surface area (Å²) in [7, 11) is -5.34. The van der Waals surface area contributed by atoms with Gasteiger partial charge in [0, 0.05) is 13.1 Å². The van der Waals surface area contributed by atoms with E-state index in [0.29, 0.717) is 12.5 Å². The van der Waals surface area contributed by atoms with E-state index in [4.69, 9.17) is 10.5 Å². The van der Waals surface area contributed by atoms with Crippen molar-refractivity contribution < 1.29 is 26.3 Å². The SMILES string of the molecule is NC(=NCCOc1ccc(S(=O)(=O)C(F)(F)F)cc1)N1CCCCCC1. The minimum Gasteiger partial charge on any atom is -0.492 e. The average Bonchev–Trinajstić information content (AvgIpc) is 2.87. The predicted molar refractivity (Wildman–Crippen MR) is 91.7 cm³/mol. The molecule has 6 nitrogen and oxygen atoms in total. The van der Waals surface area contributed by atoms with Crippen LogP contribution >= 0.6 is 0 Å². The van der Waals surface area contributed by atoms with Crippen molar-refractivity contribution in [3.8, 4) is 5.75 Å². The Bertz CT molecular complexity index is 710. The topological polar surface area (TPSA) is 85.0 Å². The van der Waals surface area contributed by atoms with E-state index in [1.165, 1.54) is 25.0 Å². The van der Waals surface area contributed by atoms with E-state index < -0.39 is 20.2 Å². The number of hydrogen-bond acceptors (Lipinski definition) is 4. The number of likely N-dealkylation sites (tertiary alicyclic amines) is 1. The highest BCUT2D eigenvalue weighted by Gasteiger charge is 2.46. The van der Waals surface area contributed by atoms with Crippen LogP contribution in [0.15, 0.2) is 34.2 Å². The van der Waals surface area contributed by atoms with Crippen molar-refractivity contribution in [2.45, 2.75) is 36.1 Å². The summed E-state index contributed by atoms with van der Waals surface area (Å²) >= 11 is 0. The maximum atomic E-state index is 12.5. The first-order valence-electron chi connectivity index (χ1n) is 8.31. The van der Waals surface area contributed by atoms with Gasteiger partial charge in [0.15, 0.2) is 5.96 Å². The van der Waals surface area contributed by atoms with E-state index in [2.05, 4.69) is 4.99 Å². The van der Waals surface area contributed by atoms with Gasteiger partial charge in [0.05, 0.1) is 11.4 Å². The number of nitrogens with zero attached hydrogens (tertiary/aromatic N) is 2. The normalized spacial score (nSPS) is 17.0. The molecule has 10 heteroatoms. The highest BCUT2D eigenvalue weighted by atomic mass is 32.2. The van der Waals surface area contributed by atoms with Crippen LogP contribution in [0.1, 0.15) is 25.7 Å². The fraction of sp³-hybridized carbons (Fsp3) is 0.562. The molecule has 0 radical (unpaired) electrons. The second kappa shape index (κ2) is 8.61. The van der Waals surface area contributed by atoms with Crippen molar-refractivity contribution in [1.29, 1.82) is 0 Å². The first kappa shape index (κ1) is 20.3. The molecular weight excluding hydrogens is 371 g/mol. The summed E-state index contributed by atoms with van der Waals surface area (Å²) in [6.45, 7) is 2.24. The van der Waals surface area contributed by atoms with E-state index in [1.807, 2.05) is 4.90 Å². The zero-order valence-electron chi connectivity index (χ0n) is 14.2. The molecule has 0 aromatic heterocycles. The van der Waals surface area contributed by atoms with Crippen molar-refractivity contribution in [1.82, 2.24) is 4.90 Å². The molecule has 1 fully saturated rings. The fourth-order valence-electron chi connectivity index (χ4n) is 2.57. The van der Waals surface area contributed by atoms with Crippen LogP contribution in [0.3, 0.4) is 0 Å². The van der Waals surface area contributed by atoms with Gasteiger partial charge in [-0.25, -0.2) is 13.4 Å². The summed E-state index contributed by atoms with van der Waals surface area (Å²) in [6, 6.07) is 4.10. The van der Waals surface area contributed by atoms with Crippen LogP contribution in [-0.2, 0) is 9.84 Å². The molecule has 2 rings (SSSR count). The van der Waals surface area contributed by atoms with E-state index in [0.717, 1.165) is 38.1 Å². The third kappa shape index (κ3) is 5.26. The van der Waals surface area contributed by atoms with E-state index in [1.54, 1.807) is 0 Å². The number of aliphatic imine (C=N–C) groups is 1. The van der Waals surface area contributed by atoms with Gasteiger partial charge in [0.25, 0.3) is 9.84 Å². The Morgan fingerprint density at radius 2 is 1.69 bits per heavy atom. The summed E-state index contributed by atoms with van der Waals surface area (Å²) in [5.41, 5.74) is 0.628. The molecular formula is C16H22F3N3O3S. The second-order valence-electron chi connectivity index (χ2n) is 5.91. The smallest absolute Gasteiger partial charge is 0.492 e. The molecule has 0 unspecified atom stereocenters. The number of hydrogen-bond donors (Lipinski definition) is 1. The summed E-state index contributed by atoms with van der Waals surface area (Å²) in [5.74, 6) is 0.719. The van der Waals surface area contributed by atoms with Gasteiger partial charge >= 0.3 is 5.51 Å². The molecule has 0 amide bonds. The van der Waals surface area contributed by atoms with E-state index >= 15 is 0 Å². The van der Waals surface area contributed by atoms with Crippen LogP contribution in [0.5, 0.6) is 5.75 Å². The van der Waals surface area contributed by atoms with Crippen molar-refractivity contribution in [3.63, 3.8) is 0 Å². The van der Waals surface area contributed by atoms with Gasteiger partial charge in [0.2, 0.25) is 0 Å². The summed E-state index contributed by atoms with van der Waals surface area (Å²) in [4.78, 5) is 5.46. The predicted octanol–water partition coefficient (Wildman–Crippen LogP) is 2.55. The molecule has 0 bridgehead atoms. The molecule has 1 aromatic carbocycles. The number of alkyl halides is 3. The van der Waals surface area contributed by atoms with Crippen molar-refractivity contribution in [2.24, 2.45) is 10.7 Å². The molecule has 26 heavy (non-hydrogen) atoms. The summed E-state index contributed by atoms with van der Waals surface area (Å²) in [6.07, 6.45) is 4.54. The van der Waals surface area contributed by atoms with Crippen LogP contribution in [0, 0.1) is 0 Å². The van der Waals surface area contributed by atoms with Gasteiger partial charge in [0.1, 0.15) is 12.4 Å². The third-order valence-corrected chi connectivity index (χ3v) is 5.50. The molecule has 146 valence electrons. The number of sulfone groups is 1. The van der Waals surface area contributed by atoms with Crippen molar-refractivity contribution in [3.05, 3.63) is 24.3 Å². The molecule has 1 aromatic rings. The summed E-state index contributed by atoms with van der Waals surface area (Å²) in [5, 5.41) is 0. The molecule has 1 aliphatic heterocycles. The number of halogens is 3.